The van der Waals surface area contributed by atoms with E-state index >= 15 is 0 Å². The zero-order chi connectivity index (χ0) is 13.3. The quantitative estimate of drug-likeness (QED) is 0.845. The number of nitrogen functional groups attached to an aromatic ring is 1. The molecule has 0 saturated heterocycles. The summed E-state index contributed by atoms with van der Waals surface area (Å²) in [6, 6.07) is 4.35. The Morgan fingerprint density at radius 2 is 2.17 bits per heavy atom. The van der Waals surface area contributed by atoms with Crippen molar-refractivity contribution in [3.8, 4) is 0 Å². The molecule has 7 heteroatoms. The van der Waals surface area contributed by atoms with Crippen molar-refractivity contribution < 1.29 is 12.8 Å². The van der Waals surface area contributed by atoms with Crippen molar-refractivity contribution in [2.45, 2.75) is 11.4 Å². The summed E-state index contributed by atoms with van der Waals surface area (Å²) in [6.45, 7) is 0.154. The zero-order valence-corrected chi connectivity index (χ0v) is 10.5. The van der Waals surface area contributed by atoms with Crippen LogP contribution in [0.1, 0.15) is 5.56 Å². The monoisotopic (exact) mass is 269 g/mol. The van der Waals surface area contributed by atoms with Gasteiger partial charge in [-0.2, -0.15) is 5.10 Å². The number of benzene rings is 1. The molecule has 1 heterocycles. The third-order valence-electron chi connectivity index (χ3n) is 2.45. The summed E-state index contributed by atoms with van der Waals surface area (Å²) in [4.78, 5) is 0.110. The molecule has 96 valence electrons. The van der Waals surface area contributed by atoms with Crippen molar-refractivity contribution in [2.75, 3.05) is 12.0 Å². The molecule has 0 bridgehead atoms. The first-order valence-corrected chi connectivity index (χ1v) is 7.02. The molecule has 2 rings (SSSR count). The van der Waals surface area contributed by atoms with Crippen molar-refractivity contribution >= 4 is 15.5 Å². The first-order valence-electron chi connectivity index (χ1n) is 5.12. The van der Waals surface area contributed by atoms with Crippen LogP contribution in [0.2, 0.25) is 0 Å². The molecule has 0 aliphatic rings. The van der Waals surface area contributed by atoms with E-state index in [-0.39, 0.29) is 11.4 Å². The Morgan fingerprint density at radius 3 is 2.72 bits per heavy atom. The van der Waals surface area contributed by atoms with Gasteiger partial charge in [-0.1, -0.05) is 6.07 Å². The van der Waals surface area contributed by atoms with Gasteiger partial charge >= 0.3 is 0 Å². The lowest BCUT2D eigenvalue weighted by Gasteiger charge is -2.04. The van der Waals surface area contributed by atoms with Crippen molar-refractivity contribution in [1.82, 2.24) is 9.78 Å². The highest BCUT2D eigenvalue weighted by molar-refractivity contribution is 7.90. The van der Waals surface area contributed by atoms with E-state index < -0.39 is 15.7 Å². The maximum absolute atomic E-state index is 13.5. The van der Waals surface area contributed by atoms with Gasteiger partial charge < -0.3 is 5.73 Å². The first kappa shape index (κ1) is 12.6. The summed E-state index contributed by atoms with van der Waals surface area (Å²) in [6.07, 6.45) is 3.70. The molecule has 0 radical (unpaired) electrons. The predicted octanol–water partition coefficient (Wildman–Crippen LogP) is 1.06. The van der Waals surface area contributed by atoms with Crippen LogP contribution in [0.25, 0.3) is 0 Å². The van der Waals surface area contributed by atoms with Crippen LogP contribution in [-0.2, 0) is 16.4 Å². The minimum Gasteiger partial charge on any atom is -0.399 e. The van der Waals surface area contributed by atoms with Gasteiger partial charge in [0.05, 0.1) is 12.7 Å². The maximum Gasteiger partial charge on any atom is 0.178 e. The molecule has 0 aliphatic carbocycles. The van der Waals surface area contributed by atoms with Gasteiger partial charge in [-0.25, -0.2) is 12.8 Å². The molecule has 0 fully saturated rings. The standard InChI is InChI=1S/C11H12FN3O2S/c1-18(16,17)10-5-14-15(7-10)6-8-2-3-9(13)4-11(8)12/h2-5,7H,6,13H2,1H3. The van der Waals surface area contributed by atoms with Gasteiger partial charge in [0.2, 0.25) is 0 Å². The van der Waals surface area contributed by atoms with Gasteiger partial charge in [0.25, 0.3) is 0 Å². The fraction of sp³-hybridized carbons (Fsp3) is 0.182. The largest absolute Gasteiger partial charge is 0.399 e. The summed E-state index contributed by atoms with van der Waals surface area (Å²) >= 11 is 0. The number of halogens is 1. The lowest BCUT2D eigenvalue weighted by atomic mass is 10.2. The second kappa shape index (κ2) is 4.41. The van der Waals surface area contributed by atoms with Crippen molar-refractivity contribution in [1.29, 1.82) is 0 Å². The zero-order valence-electron chi connectivity index (χ0n) is 9.67. The maximum atomic E-state index is 13.5. The van der Waals surface area contributed by atoms with Gasteiger partial charge in [0.15, 0.2) is 9.84 Å². The molecule has 0 unspecified atom stereocenters. The third kappa shape index (κ3) is 2.67. The minimum atomic E-state index is -3.29. The normalized spacial score (nSPS) is 11.7. The molecule has 0 atom stereocenters. The van der Waals surface area contributed by atoms with E-state index in [0.717, 1.165) is 6.26 Å². The molecule has 18 heavy (non-hydrogen) atoms. The summed E-state index contributed by atoms with van der Waals surface area (Å²) < 4.78 is 37.4. The average Bonchev–Trinajstić information content (AvgIpc) is 2.70. The van der Waals surface area contributed by atoms with E-state index in [2.05, 4.69) is 5.10 Å². The number of hydrogen-bond donors (Lipinski definition) is 1. The average molecular weight is 269 g/mol. The van der Waals surface area contributed by atoms with Crippen molar-refractivity contribution in [2.24, 2.45) is 0 Å². The first-order chi connectivity index (χ1) is 8.36. The van der Waals surface area contributed by atoms with Crippen LogP contribution < -0.4 is 5.73 Å². The molecule has 0 saturated carbocycles. The van der Waals surface area contributed by atoms with Crippen molar-refractivity contribution in [3.63, 3.8) is 0 Å². The molecule has 0 spiro atoms. The Hall–Kier alpha value is -1.89. The molecule has 0 amide bonds. The van der Waals surface area contributed by atoms with Gasteiger partial charge in [-0.3, -0.25) is 4.68 Å². The number of hydrogen-bond acceptors (Lipinski definition) is 4. The van der Waals surface area contributed by atoms with Gasteiger partial charge in [-0.15, -0.1) is 0 Å². The van der Waals surface area contributed by atoms with E-state index in [9.17, 15) is 12.8 Å². The van der Waals surface area contributed by atoms with E-state index in [4.69, 9.17) is 5.73 Å². The molecule has 0 aliphatic heterocycles. The fourth-order valence-corrected chi connectivity index (χ4v) is 2.04. The number of aromatic nitrogens is 2. The summed E-state index contributed by atoms with van der Waals surface area (Å²) in [5.74, 6) is -0.439. The molecule has 1 aromatic carbocycles. The number of anilines is 1. The highest BCUT2D eigenvalue weighted by Gasteiger charge is 2.11. The minimum absolute atomic E-state index is 0.110. The van der Waals surface area contributed by atoms with E-state index in [0.29, 0.717) is 11.3 Å². The van der Waals surface area contributed by atoms with Crippen LogP contribution in [-0.4, -0.2) is 24.5 Å². The number of rotatable bonds is 3. The summed E-state index contributed by atoms with van der Waals surface area (Å²) in [5, 5.41) is 3.88. The van der Waals surface area contributed by atoms with E-state index in [1.165, 1.54) is 23.1 Å². The smallest absolute Gasteiger partial charge is 0.178 e. The second-order valence-corrected chi connectivity index (χ2v) is 6.01. The molecule has 5 nitrogen and oxygen atoms in total. The summed E-state index contributed by atoms with van der Waals surface area (Å²) in [7, 11) is -3.29. The highest BCUT2D eigenvalue weighted by atomic mass is 32.2. The molecular weight excluding hydrogens is 257 g/mol. The Kier molecular flexibility index (Phi) is 3.08. The van der Waals surface area contributed by atoms with Crippen LogP contribution >= 0.6 is 0 Å². The topological polar surface area (TPSA) is 78.0 Å². The molecule has 1 aromatic heterocycles. The van der Waals surface area contributed by atoms with Crippen LogP contribution in [0.15, 0.2) is 35.5 Å². The Morgan fingerprint density at radius 1 is 1.44 bits per heavy atom. The molecule has 2 aromatic rings. The van der Waals surface area contributed by atoms with Crippen LogP contribution in [0.5, 0.6) is 0 Å². The van der Waals surface area contributed by atoms with E-state index in [1.807, 2.05) is 0 Å². The van der Waals surface area contributed by atoms with Crippen LogP contribution in [0.4, 0.5) is 10.1 Å². The number of nitrogens with zero attached hydrogens (tertiary/aromatic N) is 2. The number of nitrogens with two attached hydrogens (primary N) is 1. The van der Waals surface area contributed by atoms with Crippen LogP contribution in [0, 0.1) is 5.82 Å². The van der Waals surface area contributed by atoms with Gasteiger partial charge in [-0.05, 0) is 12.1 Å². The van der Waals surface area contributed by atoms with E-state index in [1.54, 1.807) is 12.1 Å². The molecule has 2 N–H and O–H groups in total. The van der Waals surface area contributed by atoms with Gasteiger partial charge in [0, 0.05) is 23.7 Å². The fourth-order valence-electron chi connectivity index (χ4n) is 1.49. The predicted molar refractivity (Wildman–Crippen MR) is 65.3 cm³/mol. The Bertz CT molecular complexity index is 679. The summed E-state index contributed by atoms with van der Waals surface area (Å²) in [5.41, 5.74) is 6.18. The third-order valence-corrected chi connectivity index (χ3v) is 3.51. The van der Waals surface area contributed by atoms with Gasteiger partial charge in [0.1, 0.15) is 10.7 Å². The molecular formula is C11H12FN3O2S. The Labute approximate surface area is 104 Å². The lowest BCUT2D eigenvalue weighted by molar-refractivity contribution is 0.585. The SMILES string of the molecule is CS(=O)(=O)c1cnn(Cc2ccc(N)cc2F)c1. The second-order valence-electron chi connectivity index (χ2n) is 4.00. The number of sulfone groups is 1. The highest BCUT2D eigenvalue weighted by Crippen LogP contribution is 2.14. The van der Waals surface area contributed by atoms with Crippen LogP contribution in [0.3, 0.4) is 0 Å². The Balaban J connectivity index is 2.27. The lowest BCUT2D eigenvalue weighted by Crippen LogP contribution is -2.03. The van der Waals surface area contributed by atoms with Crippen molar-refractivity contribution in [3.05, 3.63) is 42.0 Å².